The van der Waals surface area contributed by atoms with Crippen molar-refractivity contribution in [2.45, 2.75) is 0 Å². The number of anilines is 2. The van der Waals surface area contributed by atoms with Crippen molar-refractivity contribution in [2.75, 3.05) is 17.7 Å². The van der Waals surface area contributed by atoms with E-state index in [1.165, 1.54) is 6.08 Å². The highest BCUT2D eigenvalue weighted by molar-refractivity contribution is 6.04. The molecule has 4 aromatic rings. The van der Waals surface area contributed by atoms with Crippen LogP contribution in [-0.4, -0.2) is 28.9 Å². The van der Waals surface area contributed by atoms with Crippen molar-refractivity contribution in [2.24, 2.45) is 0 Å². The first kappa shape index (κ1) is 21.5. The predicted molar refractivity (Wildman–Crippen MR) is 126 cm³/mol. The Labute approximate surface area is 189 Å². The van der Waals surface area contributed by atoms with Gasteiger partial charge >= 0.3 is 0 Å². The number of hydrogen-bond acceptors (Lipinski definition) is 6. The number of hydrogen-bond donors (Lipinski definition) is 2. The van der Waals surface area contributed by atoms with Gasteiger partial charge < -0.3 is 20.1 Å². The lowest BCUT2D eigenvalue weighted by Crippen LogP contribution is -2.12. The van der Waals surface area contributed by atoms with Gasteiger partial charge in [-0.15, -0.1) is 0 Å². The highest BCUT2D eigenvalue weighted by Gasteiger charge is 2.10. The molecular formula is C25H20N4O4. The lowest BCUT2D eigenvalue weighted by atomic mass is 10.1. The molecule has 0 aliphatic carbocycles. The van der Waals surface area contributed by atoms with Crippen molar-refractivity contribution < 1.29 is 19.1 Å². The fourth-order valence-corrected chi connectivity index (χ4v) is 3.08. The number of ether oxygens (including phenoxy) is 2. The first-order chi connectivity index (χ1) is 16.1. The van der Waals surface area contributed by atoms with Gasteiger partial charge in [0.25, 0.3) is 5.91 Å². The molecule has 0 bridgehead atoms. The molecule has 0 spiro atoms. The molecule has 0 fully saturated rings. The van der Waals surface area contributed by atoms with Crippen LogP contribution in [0.4, 0.5) is 11.5 Å². The number of nitrogens with zero attached hydrogens (tertiary/aromatic N) is 2. The van der Waals surface area contributed by atoms with Crippen LogP contribution in [0.1, 0.15) is 10.4 Å². The Morgan fingerprint density at radius 3 is 2.45 bits per heavy atom. The Morgan fingerprint density at radius 1 is 0.909 bits per heavy atom. The molecule has 33 heavy (non-hydrogen) atoms. The zero-order valence-corrected chi connectivity index (χ0v) is 17.7. The first-order valence-corrected chi connectivity index (χ1v) is 9.97. The summed E-state index contributed by atoms with van der Waals surface area (Å²) in [6, 6.07) is 17.1. The number of fused-ring (bicyclic) bond motifs is 1. The van der Waals surface area contributed by atoms with Gasteiger partial charge in [-0.05, 0) is 60.7 Å². The minimum absolute atomic E-state index is 0.306. The van der Waals surface area contributed by atoms with Crippen LogP contribution in [0.25, 0.3) is 10.9 Å². The van der Waals surface area contributed by atoms with Gasteiger partial charge in [0, 0.05) is 35.1 Å². The van der Waals surface area contributed by atoms with Crippen molar-refractivity contribution in [1.29, 1.82) is 0 Å². The highest BCUT2D eigenvalue weighted by Crippen LogP contribution is 2.31. The summed E-state index contributed by atoms with van der Waals surface area (Å²) in [6.07, 6.45) is 4.40. The molecule has 8 nitrogen and oxygen atoms in total. The van der Waals surface area contributed by atoms with Crippen LogP contribution < -0.4 is 20.1 Å². The molecular weight excluding hydrogens is 420 g/mol. The molecule has 0 unspecified atom stereocenters. The topological polar surface area (TPSA) is 102 Å². The van der Waals surface area contributed by atoms with E-state index in [0.29, 0.717) is 39.8 Å². The van der Waals surface area contributed by atoms with Gasteiger partial charge in [-0.25, -0.2) is 4.98 Å². The zero-order chi connectivity index (χ0) is 23.2. The van der Waals surface area contributed by atoms with E-state index in [1.54, 1.807) is 80.2 Å². The van der Waals surface area contributed by atoms with E-state index >= 15 is 0 Å². The van der Waals surface area contributed by atoms with Gasteiger partial charge in [-0.1, -0.05) is 6.58 Å². The van der Waals surface area contributed by atoms with Crippen LogP contribution in [0.5, 0.6) is 17.2 Å². The van der Waals surface area contributed by atoms with Crippen molar-refractivity contribution in [1.82, 2.24) is 9.97 Å². The SMILES string of the molecule is C=CC(=O)Nc1ccc2nccc(Oc3ccc(C(=O)Nc4cc(OC)ccn4)cc3)c2c1. The Balaban J connectivity index is 1.51. The smallest absolute Gasteiger partial charge is 0.256 e. The summed E-state index contributed by atoms with van der Waals surface area (Å²) < 4.78 is 11.2. The molecule has 2 aromatic carbocycles. The monoisotopic (exact) mass is 440 g/mol. The summed E-state index contributed by atoms with van der Waals surface area (Å²) in [5.74, 6) is 1.48. The summed E-state index contributed by atoms with van der Waals surface area (Å²) in [4.78, 5) is 32.6. The summed E-state index contributed by atoms with van der Waals surface area (Å²) in [5.41, 5.74) is 1.76. The minimum Gasteiger partial charge on any atom is -0.497 e. The Kier molecular flexibility index (Phi) is 6.26. The molecule has 4 rings (SSSR count). The number of amides is 2. The Hall–Kier alpha value is -4.72. The fraction of sp³-hybridized carbons (Fsp3) is 0.0400. The summed E-state index contributed by atoms with van der Waals surface area (Å²) >= 11 is 0. The van der Waals surface area contributed by atoms with Crippen LogP contribution in [-0.2, 0) is 4.79 Å². The number of nitrogens with one attached hydrogen (secondary N) is 2. The second-order valence-electron chi connectivity index (χ2n) is 6.90. The number of benzene rings is 2. The number of aromatic nitrogens is 2. The van der Waals surface area contributed by atoms with E-state index in [4.69, 9.17) is 9.47 Å². The number of pyridine rings is 2. The number of methoxy groups -OCH3 is 1. The molecule has 2 aromatic heterocycles. The van der Waals surface area contributed by atoms with Gasteiger partial charge in [0.2, 0.25) is 5.91 Å². The van der Waals surface area contributed by atoms with Crippen LogP contribution in [0, 0.1) is 0 Å². The van der Waals surface area contributed by atoms with E-state index in [9.17, 15) is 9.59 Å². The molecule has 2 amide bonds. The van der Waals surface area contributed by atoms with E-state index < -0.39 is 0 Å². The summed E-state index contributed by atoms with van der Waals surface area (Å²) in [5, 5.41) is 6.18. The quantitative estimate of drug-likeness (QED) is 0.400. The summed E-state index contributed by atoms with van der Waals surface area (Å²) in [7, 11) is 1.55. The number of carbonyl (C=O) groups is 2. The maximum Gasteiger partial charge on any atom is 0.256 e. The largest absolute Gasteiger partial charge is 0.497 e. The third-order valence-corrected chi connectivity index (χ3v) is 4.71. The lowest BCUT2D eigenvalue weighted by molar-refractivity contribution is -0.111. The number of rotatable bonds is 7. The second-order valence-corrected chi connectivity index (χ2v) is 6.90. The molecule has 0 atom stereocenters. The van der Waals surface area contributed by atoms with Gasteiger partial charge in [0.1, 0.15) is 23.1 Å². The van der Waals surface area contributed by atoms with Crippen molar-refractivity contribution in [3.63, 3.8) is 0 Å². The molecule has 2 heterocycles. The number of carbonyl (C=O) groups excluding carboxylic acids is 2. The molecule has 2 N–H and O–H groups in total. The second kappa shape index (κ2) is 9.61. The summed E-state index contributed by atoms with van der Waals surface area (Å²) in [6.45, 7) is 3.46. The first-order valence-electron chi connectivity index (χ1n) is 9.97. The van der Waals surface area contributed by atoms with Crippen molar-refractivity contribution in [3.8, 4) is 17.2 Å². The third kappa shape index (κ3) is 5.13. The standard InChI is InChI=1S/C25H20N4O4/c1-3-24(30)28-17-6-9-21-20(14-17)22(11-13-26-21)33-18-7-4-16(5-8-18)25(31)29-23-15-19(32-2)10-12-27-23/h3-15H,1H2,2H3,(H,28,30)(H,27,29,31). The average molecular weight is 440 g/mol. The molecule has 0 radical (unpaired) electrons. The average Bonchev–Trinajstić information content (AvgIpc) is 2.85. The van der Waals surface area contributed by atoms with Gasteiger partial charge in [-0.2, -0.15) is 0 Å². The highest BCUT2D eigenvalue weighted by atomic mass is 16.5. The fourth-order valence-electron chi connectivity index (χ4n) is 3.08. The van der Waals surface area contributed by atoms with E-state index in [0.717, 1.165) is 5.39 Å². The van der Waals surface area contributed by atoms with Gasteiger partial charge in [0.05, 0.1) is 12.6 Å². The van der Waals surface area contributed by atoms with Crippen LogP contribution >= 0.6 is 0 Å². The lowest BCUT2D eigenvalue weighted by Gasteiger charge is -2.11. The van der Waals surface area contributed by atoms with Crippen LogP contribution in [0.2, 0.25) is 0 Å². The normalized spacial score (nSPS) is 10.3. The maximum atomic E-state index is 12.5. The molecule has 0 aliphatic heterocycles. The maximum absolute atomic E-state index is 12.5. The molecule has 0 saturated carbocycles. The minimum atomic E-state index is -0.307. The zero-order valence-electron chi connectivity index (χ0n) is 17.7. The Bertz CT molecular complexity index is 1340. The van der Waals surface area contributed by atoms with Gasteiger partial charge in [0.15, 0.2) is 0 Å². The molecule has 0 aliphatic rings. The Morgan fingerprint density at radius 2 is 1.70 bits per heavy atom. The predicted octanol–water partition coefficient (Wildman–Crippen LogP) is 4.81. The third-order valence-electron chi connectivity index (χ3n) is 4.71. The van der Waals surface area contributed by atoms with Crippen molar-refractivity contribution >= 4 is 34.2 Å². The van der Waals surface area contributed by atoms with Crippen LogP contribution in [0.15, 0.2) is 85.7 Å². The van der Waals surface area contributed by atoms with Crippen LogP contribution in [0.3, 0.4) is 0 Å². The van der Waals surface area contributed by atoms with E-state index in [1.807, 2.05) is 0 Å². The van der Waals surface area contributed by atoms with E-state index in [-0.39, 0.29) is 11.8 Å². The van der Waals surface area contributed by atoms with Gasteiger partial charge in [-0.3, -0.25) is 14.6 Å². The molecule has 8 heteroatoms. The van der Waals surface area contributed by atoms with Crippen molar-refractivity contribution in [3.05, 3.63) is 91.3 Å². The van der Waals surface area contributed by atoms with E-state index in [2.05, 4.69) is 27.2 Å². The molecule has 0 saturated heterocycles. The molecule has 164 valence electrons.